The van der Waals surface area contributed by atoms with Crippen LogP contribution < -0.4 is 0 Å². The minimum absolute atomic E-state index is 0.294. The van der Waals surface area contributed by atoms with Crippen LogP contribution in [0.4, 0.5) is 0 Å². The topological polar surface area (TPSA) is 23.5 Å². The number of aliphatic hydroxyl groups is 1. The van der Waals surface area contributed by atoms with Crippen molar-refractivity contribution in [1.29, 1.82) is 0 Å². The second kappa shape index (κ2) is 2.51. The lowest BCUT2D eigenvalue weighted by Gasteiger charge is -2.19. The predicted octanol–water partition coefficient (Wildman–Crippen LogP) is 0.911. The molecule has 2 heteroatoms. The van der Waals surface area contributed by atoms with Crippen molar-refractivity contribution in [3.05, 3.63) is 0 Å². The molecule has 0 saturated heterocycles. The average molecular weight is 143 g/mol. The van der Waals surface area contributed by atoms with Crippen molar-refractivity contribution in [2.75, 3.05) is 7.05 Å². The Morgan fingerprint density at radius 2 is 1.70 bits per heavy atom. The van der Waals surface area contributed by atoms with Crippen molar-refractivity contribution >= 4 is 0 Å². The first-order chi connectivity index (χ1) is 4.55. The largest absolute Gasteiger partial charge is 0.379 e. The van der Waals surface area contributed by atoms with Crippen molar-refractivity contribution in [2.45, 2.75) is 33.0 Å². The van der Waals surface area contributed by atoms with Gasteiger partial charge in [0.25, 0.3) is 0 Å². The van der Waals surface area contributed by atoms with E-state index in [2.05, 4.69) is 13.8 Å². The maximum atomic E-state index is 9.19. The molecule has 1 saturated carbocycles. The first kappa shape index (κ1) is 8.02. The Bertz CT molecular complexity index is 110. The van der Waals surface area contributed by atoms with Gasteiger partial charge >= 0.3 is 0 Å². The SMILES string of the molecule is CC1C(C)C1N(C)C(C)O. The molecule has 0 aromatic rings. The Kier molecular flexibility index (Phi) is 2.02. The van der Waals surface area contributed by atoms with Gasteiger partial charge in [0, 0.05) is 6.04 Å². The quantitative estimate of drug-likeness (QED) is 0.581. The highest BCUT2D eigenvalue weighted by atomic mass is 16.3. The molecule has 0 bridgehead atoms. The molecule has 1 fully saturated rings. The highest BCUT2D eigenvalue weighted by Crippen LogP contribution is 2.42. The van der Waals surface area contributed by atoms with E-state index in [-0.39, 0.29) is 6.23 Å². The second-order valence-electron chi connectivity index (χ2n) is 3.51. The van der Waals surface area contributed by atoms with E-state index in [1.165, 1.54) is 0 Å². The predicted molar refractivity (Wildman–Crippen MR) is 41.6 cm³/mol. The van der Waals surface area contributed by atoms with Crippen LogP contribution in [0, 0.1) is 11.8 Å². The molecule has 0 amide bonds. The van der Waals surface area contributed by atoms with Gasteiger partial charge in [-0.25, -0.2) is 0 Å². The summed E-state index contributed by atoms with van der Waals surface area (Å²) >= 11 is 0. The second-order valence-corrected chi connectivity index (χ2v) is 3.51. The van der Waals surface area contributed by atoms with E-state index in [0.29, 0.717) is 6.04 Å². The van der Waals surface area contributed by atoms with Crippen LogP contribution in [0.15, 0.2) is 0 Å². The summed E-state index contributed by atoms with van der Waals surface area (Å²) < 4.78 is 0. The molecule has 1 rings (SSSR count). The van der Waals surface area contributed by atoms with Crippen molar-refractivity contribution in [3.8, 4) is 0 Å². The summed E-state index contributed by atoms with van der Waals surface area (Å²) in [7, 11) is 1.98. The standard InChI is InChI=1S/C8H17NO/c1-5-6(2)8(5)9(4)7(3)10/h5-8,10H,1-4H3. The van der Waals surface area contributed by atoms with E-state index in [1.807, 2.05) is 18.9 Å². The zero-order valence-corrected chi connectivity index (χ0v) is 7.20. The zero-order chi connectivity index (χ0) is 7.89. The van der Waals surface area contributed by atoms with Crippen LogP contribution in [0.5, 0.6) is 0 Å². The Labute approximate surface area is 62.8 Å². The lowest BCUT2D eigenvalue weighted by atomic mass is 10.4. The Morgan fingerprint density at radius 1 is 1.30 bits per heavy atom. The molecular weight excluding hydrogens is 126 g/mol. The van der Waals surface area contributed by atoms with Gasteiger partial charge in [0.05, 0.1) is 0 Å². The summed E-state index contributed by atoms with van der Waals surface area (Å²) in [6, 6.07) is 0.611. The minimum atomic E-state index is -0.294. The maximum absolute atomic E-state index is 9.19. The maximum Gasteiger partial charge on any atom is 0.104 e. The number of hydrogen-bond acceptors (Lipinski definition) is 2. The summed E-state index contributed by atoms with van der Waals surface area (Å²) in [5.41, 5.74) is 0. The van der Waals surface area contributed by atoms with Crippen molar-refractivity contribution in [1.82, 2.24) is 4.90 Å². The molecule has 1 aliphatic carbocycles. The van der Waals surface area contributed by atoms with Crippen molar-refractivity contribution in [2.24, 2.45) is 11.8 Å². The number of rotatable bonds is 2. The molecular formula is C8H17NO. The van der Waals surface area contributed by atoms with Crippen LogP contribution in [-0.4, -0.2) is 29.3 Å². The van der Waals surface area contributed by atoms with Crippen LogP contribution in [0.2, 0.25) is 0 Å². The minimum Gasteiger partial charge on any atom is -0.379 e. The van der Waals surface area contributed by atoms with Crippen LogP contribution >= 0.6 is 0 Å². The van der Waals surface area contributed by atoms with E-state index in [0.717, 1.165) is 11.8 Å². The highest BCUT2D eigenvalue weighted by molar-refractivity contribution is 4.98. The monoisotopic (exact) mass is 143 g/mol. The van der Waals surface area contributed by atoms with Crippen LogP contribution in [0.1, 0.15) is 20.8 Å². The number of hydrogen-bond donors (Lipinski definition) is 1. The third-order valence-corrected chi connectivity index (χ3v) is 2.83. The molecule has 0 aromatic carbocycles. The zero-order valence-electron chi connectivity index (χ0n) is 7.20. The molecule has 0 heterocycles. The van der Waals surface area contributed by atoms with Gasteiger partial charge in [-0.15, -0.1) is 0 Å². The van der Waals surface area contributed by atoms with Crippen molar-refractivity contribution < 1.29 is 5.11 Å². The van der Waals surface area contributed by atoms with Gasteiger partial charge in [-0.05, 0) is 25.8 Å². The molecule has 0 aromatic heterocycles. The first-order valence-electron chi connectivity index (χ1n) is 3.95. The van der Waals surface area contributed by atoms with Gasteiger partial charge in [-0.3, -0.25) is 4.90 Å². The van der Waals surface area contributed by atoms with Gasteiger partial charge in [0.2, 0.25) is 0 Å². The van der Waals surface area contributed by atoms with Gasteiger partial charge in [0.15, 0.2) is 0 Å². The third kappa shape index (κ3) is 1.18. The third-order valence-electron chi connectivity index (χ3n) is 2.83. The molecule has 0 aliphatic heterocycles. The van der Waals surface area contributed by atoms with E-state index in [4.69, 9.17) is 0 Å². The first-order valence-corrected chi connectivity index (χ1v) is 3.95. The Balaban J connectivity index is 2.38. The summed E-state index contributed by atoms with van der Waals surface area (Å²) in [6.07, 6.45) is -0.294. The average Bonchev–Trinajstić information content (AvgIpc) is 2.40. The van der Waals surface area contributed by atoms with Crippen LogP contribution in [-0.2, 0) is 0 Å². The Hall–Kier alpha value is -0.0800. The number of aliphatic hydroxyl groups excluding tert-OH is 1. The molecule has 1 aliphatic rings. The van der Waals surface area contributed by atoms with Crippen molar-refractivity contribution in [3.63, 3.8) is 0 Å². The molecule has 0 radical (unpaired) electrons. The lowest BCUT2D eigenvalue weighted by molar-refractivity contribution is 0.0274. The van der Waals surface area contributed by atoms with Gasteiger partial charge in [0.1, 0.15) is 6.23 Å². The van der Waals surface area contributed by atoms with E-state index in [9.17, 15) is 5.11 Å². The normalized spacial score (nSPS) is 42.0. The van der Waals surface area contributed by atoms with Crippen LogP contribution in [0.25, 0.3) is 0 Å². The Morgan fingerprint density at radius 3 is 1.80 bits per heavy atom. The fraction of sp³-hybridized carbons (Fsp3) is 1.00. The van der Waals surface area contributed by atoms with Gasteiger partial charge in [-0.2, -0.15) is 0 Å². The molecule has 1 N–H and O–H groups in total. The van der Waals surface area contributed by atoms with Crippen LogP contribution in [0.3, 0.4) is 0 Å². The molecule has 3 atom stereocenters. The molecule has 0 spiro atoms. The summed E-state index contributed by atoms with van der Waals surface area (Å²) in [4.78, 5) is 2.04. The van der Waals surface area contributed by atoms with E-state index in [1.54, 1.807) is 0 Å². The summed E-state index contributed by atoms with van der Waals surface area (Å²) in [5, 5.41) is 9.19. The van der Waals surface area contributed by atoms with E-state index < -0.39 is 0 Å². The lowest BCUT2D eigenvalue weighted by Crippen LogP contribution is -2.32. The molecule has 2 nitrogen and oxygen atoms in total. The van der Waals surface area contributed by atoms with E-state index >= 15 is 0 Å². The summed E-state index contributed by atoms with van der Waals surface area (Å²) in [5.74, 6) is 1.53. The fourth-order valence-electron chi connectivity index (χ4n) is 1.63. The molecule has 3 unspecified atom stereocenters. The molecule has 10 heavy (non-hydrogen) atoms. The molecule has 60 valence electrons. The number of nitrogens with zero attached hydrogens (tertiary/aromatic N) is 1. The van der Waals surface area contributed by atoms with Gasteiger partial charge < -0.3 is 5.11 Å². The fourth-order valence-corrected chi connectivity index (χ4v) is 1.63. The smallest absolute Gasteiger partial charge is 0.104 e. The summed E-state index contributed by atoms with van der Waals surface area (Å²) in [6.45, 7) is 6.28. The van der Waals surface area contributed by atoms with Gasteiger partial charge in [-0.1, -0.05) is 13.8 Å². The highest BCUT2D eigenvalue weighted by Gasteiger charge is 2.46.